The minimum Gasteiger partial charge on any atom is -0.425 e. The zero-order chi connectivity index (χ0) is 11.3. The molecule has 3 heteroatoms. The number of aryl methyl sites for hydroxylation is 1. The summed E-state index contributed by atoms with van der Waals surface area (Å²) in [5.41, 5.74) is 1.49. The van der Waals surface area contributed by atoms with Crippen LogP contribution in [0.4, 0.5) is 0 Å². The molecule has 1 heterocycles. The van der Waals surface area contributed by atoms with Crippen LogP contribution in [0, 0.1) is 18.8 Å². The Labute approximate surface area is 94.7 Å². The Bertz CT molecular complexity index is 477. The number of pyridine rings is 1. The lowest BCUT2D eigenvalue weighted by Crippen LogP contribution is -2.24. The van der Waals surface area contributed by atoms with Crippen molar-refractivity contribution in [1.29, 1.82) is 0 Å². The second-order valence-corrected chi connectivity index (χ2v) is 5.39. The van der Waals surface area contributed by atoms with Gasteiger partial charge in [0.25, 0.3) is 5.56 Å². The third-order valence-corrected chi connectivity index (χ3v) is 4.30. The topological polar surface area (TPSA) is 42.2 Å². The van der Waals surface area contributed by atoms with Crippen molar-refractivity contribution in [2.75, 3.05) is 0 Å². The maximum atomic E-state index is 11.5. The van der Waals surface area contributed by atoms with Crippen molar-refractivity contribution in [2.24, 2.45) is 11.8 Å². The third-order valence-electron chi connectivity index (χ3n) is 4.30. The molecule has 3 nitrogen and oxygen atoms in total. The van der Waals surface area contributed by atoms with Crippen LogP contribution < -0.4 is 5.56 Å². The smallest absolute Gasteiger partial charge is 0.283 e. The van der Waals surface area contributed by atoms with Gasteiger partial charge in [0.2, 0.25) is 0 Å². The largest absolute Gasteiger partial charge is 0.425 e. The van der Waals surface area contributed by atoms with E-state index >= 15 is 0 Å². The molecule has 2 fully saturated rings. The molecule has 2 saturated carbocycles. The normalized spacial score (nSPS) is 32.2. The van der Waals surface area contributed by atoms with Crippen LogP contribution in [0.25, 0.3) is 0 Å². The molecule has 1 aromatic rings. The van der Waals surface area contributed by atoms with Crippen molar-refractivity contribution in [1.82, 2.24) is 4.73 Å². The van der Waals surface area contributed by atoms with Crippen LogP contribution in [0.5, 0.6) is 0 Å². The standard InChI is InChI=1S/C13H17NO2/c1-8-4-12(14(16)13(15)5-8)11-7-9-2-3-10(11)6-9/h4-5,9-11,16H,2-3,6-7H2,1H3/t9-,10+,11?/m1/s1. The van der Waals surface area contributed by atoms with Crippen LogP contribution >= 0.6 is 0 Å². The fourth-order valence-corrected chi connectivity index (χ4v) is 3.59. The molecule has 1 N–H and O–H groups in total. The number of nitrogens with zero attached hydrogens (tertiary/aromatic N) is 1. The van der Waals surface area contributed by atoms with Crippen molar-refractivity contribution in [3.8, 4) is 0 Å². The van der Waals surface area contributed by atoms with E-state index in [9.17, 15) is 10.0 Å². The Balaban J connectivity index is 2.04. The summed E-state index contributed by atoms with van der Waals surface area (Å²) in [6, 6.07) is 3.45. The lowest BCUT2D eigenvalue weighted by Gasteiger charge is -2.23. The van der Waals surface area contributed by atoms with Crippen molar-refractivity contribution in [3.05, 3.63) is 33.7 Å². The molecular formula is C13H17NO2. The highest BCUT2D eigenvalue weighted by Gasteiger charge is 2.41. The van der Waals surface area contributed by atoms with Crippen LogP contribution in [0.15, 0.2) is 16.9 Å². The molecule has 1 aromatic heterocycles. The van der Waals surface area contributed by atoms with Gasteiger partial charge in [0, 0.05) is 12.0 Å². The summed E-state index contributed by atoms with van der Waals surface area (Å²) in [5, 5.41) is 9.81. The van der Waals surface area contributed by atoms with Gasteiger partial charge in [0.1, 0.15) is 0 Å². The van der Waals surface area contributed by atoms with Gasteiger partial charge >= 0.3 is 0 Å². The van der Waals surface area contributed by atoms with Crippen LogP contribution in [0.2, 0.25) is 0 Å². The number of hydrogen-bond acceptors (Lipinski definition) is 2. The predicted molar refractivity (Wildman–Crippen MR) is 60.8 cm³/mol. The number of rotatable bonds is 1. The van der Waals surface area contributed by atoms with Crippen LogP contribution in [-0.2, 0) is 0 Å². The van der Waals surface area contributed by atoms with Gasteiger partial charge in [-0.15, -0.1) is 0 Å². The molecule has 1 unspecified atom stereocenters. The van der Waals surface area contributed by atoms with Crippen LogP contribution in [0.3, 0.4) is 0 Å². The zero-order valence-electron chi connectivity index (χ0n) is 9.52. The fraction of sp³-hybridized carbons (Fsp3) is 0.615. The van der Waals surface area contributed by atoms with E-state index < -0.39 is 0 Å². The van der Waals surface area contributed by atoms with E-state index in [0.29, 0.717) is 11.8 Å². The summed E-state index contributed by atoms with van der Waals surface area (Å²) < 4.78 is 0.859. The molecule has 0 amide bonds. The first-order valence-electron chi connectivity index (χ1n) is 6.08. The second-order valence-electron chi connectivity index (χ2n) is 5.39. The van der Waals surface area contributed by atoms with Gasteiger partial charge in [-0.25, -0.2) is 0 Å². The second kappa shape index (κ2) is 3.37. The maximum Gasteiger partial charge on any atom is 0.283 e. The van der Waals surface area contributed by atoms with Gasteiger partial charge < -0.3 is 5.21 Å². The van der Waals surface area contributed by atoms with E-state index in [4.69, 9.17) is 0 Å². The first-order valence-corrected chi connectivity index (χ1v) is 6.08. The SMILES string of the molecule is Cc1cc(C2C[C@@H]3CC[C@H]2C3)n(O)c(=O)c1. The van der Waals surface area contributed by atoms with E-state index in [1.165, 1.54) is 25.3 Å². The summed E-state index contributed by atoms with van der Waals surface area (Å²) in [5.74, 6) is 1.91. The van der Waals surface area contributed by atoms with Gasteiger partial charge in [-0.3, -0.25) is 4.79 Å². The molecule has 0 radical (unpaired) electrons. The zero-order valence-corrected chi connectivity index (χ0v) is 9.52. The summed E-state index contributed by atoms with van der Waals surface area (Å²) in [6.07, 6.45) is 5.03. The molecule has 3 rings (SSSR count). The Morgan fingerprint density at radius 1 is 1.31 bits per heavy atom. The fourth-order valence-electron chi connectivity index (χ4n) is 3.59. The Kier molecular flexibility index (Phi) is 2.09. The molecule has 0 saturated heterocycles. The van der Waals surface area contributed by atoms with E-state index in [-0.39, 0.29) is 5.56 Å². The monoisotopic (exact) mass is 219 g/mol. The molecular weight excluding hydrogens is 202 g/mol. The molecule has 2 aliphatic rings. The molecule has 86 valence electrons. The summed E-state index contributed by atoms with van der Waals surface area (Å²) in [7, 11) is 0. The average Bonchev–Trinajstić information content (AvgIpc) is 2.84. The van der Waals surface area contributed by atoms with E-state index in [1.54, 1.807) is 0 Å². The minimum absolute atomic E-state index is 0.294. The Morgan fingerprint density at radius 3 is 2.75 bits per heavy atom. The van der Waals surface area contributed by atoms with E-state index in [0.717, 1.165) is 28.3 Å². The molecule has 16 heavy (non-hydrogen) atoms. The van der Waals surface area contributed by atoms with Crippen molar-refractivity contribution in [3.63, 3.8) is 0 Å². The van der Waals surface area contributed by atoms with E-state index in [1.807, 2.05) is 13.0 Å². The highest BCUT2D eigenvalue weighted by Crippen LogP contribution is 2.52. The average molecular weight is 219 g/mol. The van der Waals surface area contributed by atoms with Crippen LogP contribution in [0.1, 0.15) is 42.9 Å². The van der Waals surface area contributed by atoms with Gasteiger partial charge in [0.05, 0.1) is 5.69 Å². The van der Waals surface area contributed by atoms with Crippen molar-refractivity contribution >= 4 is 0 Å². The number of fused-ring (bicyclic) bond motifs is 2. The molecule has 0 spiro atoms. The predicted octanol–water partition coefficient (Wildman–Crippen LogP) is 2.30. The highest BCUT2D eigenvalue weighted by molar-refractivity contribution is 5.21. The van der Waals surface area contributed by atoms with Crippen LogP contribution in [-0.4, -0.2) is 9.94 Å². The molecule has 0 aromatic carbocycles. The quantitative estimate of drug-likeness (QED) is 0.736. The van der Waals surface area contributed by atoms with E-state index in [2.05, 4.69) is 0 Å². The van der Waals surface area contributed by atoms with Gasteiger partial charge in [0.15, 0.2) is 0 Å². The van der Waals surface area contributed by atoms with Crippen molar-refractivity contribution in [2.45, 2.75) is 38.5 Å². The van der Waals surface area contributed by atoms with Gasteiger partial charge in [-0.05, 0) is 49.7 Å². The number of aromatic nitrogens is 1. The summed E-state index contributed by atoms with van der Waals surface area (Å²) in [4.78, 5) is 11.5. The molecule has 0 aliphatic heterocycles. The summed E-state index contributed by atoms with van der Waals surface area (Å²) in [6.45, 7) is 1.91. The molecule has 2 bridgehead atoms. The van der Waals surface area contributed by atoms with Crippen molar-refractivity contribution < 1.29 is 5.21 Å². The lowest BCUT2D eigenvalue weighted by molar-refractivity contribution is 0.155. The third kappa shape index (κ3) is 1.38. The molecule has 2 aliphatic carbocycles. The first kappa shape index (κ1) is 9.94. The van der Waals surface area contributed by atoms with Gasteiger partial charge in [-0.2, -0.15) is 4.73 Å². The molecule has 3 atom stereocenters. The Morgan fingerprint density at radius 2 is 2.12 bits per heavy atom. The summed E-state index contributed by atoms with van der Waals surface area (Å²) >= 11 is 0. The number of hydrogen-bond donors (Lipinski definition) is 1. The van der Waals surface area contributed by atoms with Gasteiger partial charge in [-0.1, -0.05) is 6.42 Å². The lowest BCUT2D eigenvalue weighted by atomic mass is 9.86. The highest BCUT2D eigenvalue weighted by atomic mass is 16.5. The maximum absolute atomic E-state index is 11.5. The minimum atomic E-state index is -0.294. The first-order chi connectivity index (χ1) is 7.65. The Hall–Kier alpha value is -1.25.